The first-order valence-corrected chi connectivity index (χ1v) is 9.32. The van der Waals surface area contributed by atoms with Gasteiger partial charge in [0.25, 0.3) is 5.92 Å². The van der Waals surface area contributed by atoms with E-state index in [4.69, 9.17) is 0 Å². The van der Waals surface area contributed by atoms with E-state index in [9.17, 15) is 21.6 Å². The standard InChI is InChI=1S/C16H20F3NO2S/c1-11-8-13(17)2-3-15(11)12-4-6-20(7-5-12)23(21,22)14-9-16(18,19)10-14/h2-3,8,12,14H,4-7,9-10H2,1H3. The van der Waals surface area contributed by atoms with Gasteiger partial charge in [-0.15, -0.1) is 0 Å². The Morgan fingerprint density at radius 2 is 1.78 bits per heavy atom. The highest BCUT2D eigenvalue weighted by atomic mass is 32.2. The van der Waals surface area contributed by atoms with Gasteiger partial charge in [0.15, 0.2) is 0 Å². The molecule has 0 unspecified atom stereocenters. The minimum atomic E-state index is -3.63. The number of nitrogens with zero attached hydrogens (tertiary/aromatic N) is 1. The van der Waals surface area contributed by atoms with E-state index in [1.165, 1.54) is 16.4 Å². The van der Waals surface area contributed by atoms with Crippen molar-refractivity contribution in [3.63, 3.8) is 0 Å². The normalized spacial score (nSPS) is 23.7. The van der Waals surface area contributed by atoms with E-state index in [-0.39, 0.29) is 11.7 Å². The number of aryl methyl sites for hydroxylation is 1. The van der Waals surface area contributed by atoms with Gasteiger partial charge in [-0.05, 0) is 48.9 Å². The summed E-state index contributed by atoms with van der Waals surface area (Å²) in [6, 6.07) is 4.66. The van der Waals surface area contributed by atoms with Crippen LogP contribution >= 0.6 is 0 Å². The van der Waals surface area contributed by atoms with Crippen LogP contribution in [0.3, 0.4) is 0 Å². The van der Waals surface area contributed by atoms with Crippen molar-refractivity contribution in [3.05, 3.63) is 35.1 Å². The third kappa shape index (κ3) is 3.26. The van der Waals surface area contributed by atoms with Crippen LogP contribution in [0.15, 0.2) is 18.2 Å². The zero-order valence-corrected chi connectivity index (χ0v) is 13.8. The van der Waals surface area contributed by atoms with Crippen LogP contribution in [0.25, 0.3) is 0 Å². The monoisotopic (exact) mass is 347 g/mol. The predicted octanol–water partition coefficient (Wildman–Crippen LogP) is 3.44. The zero-order chi connectivity index (χ0) is 16.8. The molecule has 1 saturated heterocycles. The Morgan fingerprint density at radius 3 is 2.30 bits per heavy atom. The minimum absolute atomic E-state index is 0.185. The lowest BCUT2D eigenvalue weighted by Gasteiger charge is -2.40. The molecule has 0 radical (unpaired) electrons. The van der Waals surface area contributed by atoms with Gasteiger partial charge in [0, 0.05) is 25.9 Å². The fraction of sp³-hybridized carbons (Fsp3) is 0.625. The van der Waals surface area contributed by atoms with Crippen LogP contribution in [-0.2, 0) is 10.0 Å². The molecule has 1 aromatic carbocycles. The maximum atomic E-state index is 13.2. The molecular formula is C16H20F3NO2S. The van der Waals surface area contributed by atoms with Gasteiger partial charge >= 0.3 is 0 Å². The van der Waals surface area contributed by atoms with Gasteiger partial charge in [-0.2, -0.15) is 0 Å². The average molecular weight is 347 g/mol. The summed E-state index contributed by atoms with van der Waals surface area (Å²) in [4.78, 5) is 0. The number of halogens is 3. The molecule has 1 aliphatic carbocycles. The lowest BCUT2D eigenvalue weighted by molar-refractivity contribution is -0.0695. The Bertz CT molecular complexity index is 689. The van der Waals surface area contributed by atoms with E-state index in [2.05, 4.69) is 0 Å². The second kappa shape index (κ2) is 5.77. The van der Waals surface area contributed by atoms with Crippen molar-refractivity contribution in [2.45, 2.75) is 49.7 Å². The molecule has 0 atom stereocenters. The molecule has 3 rings (SSSR count). The van der Waals surface area contributed by atoms with Crippen LogP contribution in [0.5, 0.6) is 0 Å². The summed E-state index contributed by atoms with van der Waals surface area (Å²) in [5, 5.41) is -0.943. The molecule has 0 spiro atoms. The van der Waals surface area contributed by atoms with E-state index in [0.29, 0.717) is 25.9 Å². The third-order valence-electron chi connectivity index (χ3n) is 4.96. The number of benzene rings is 1. The van der Waals surface area contributed by atoms with E-state index in [1.54, 1.807) is 6.07 Å². The van der Waals surface area contributed by atoms with Crippen LogP contribution in [0.2, 0.25) is 0 Å². The highest BCUT2D eigenvalue weighted by molar-refractivity contribution is 7.89. The topological polar surface area (TPSA) is 37.4 Å². The summed E-state index contributed by atoms with van der Waals surface area (Å²) in [5.41, 5.74) is 1.91. The molecule has 0 aromatic heterocycles. The molecule has 2 fully saturated rings. The minimum Gasteiger partial charge on any atom is -0.212 e. The van der Waals surface area contributed by atoms with Crippen LogP contribution in [0, 0.1) is 12.7 Å². The molecule has 1 saturated carbocycles. The Kier molecular flexibility index (Phi) is 4.21. The SMILES string of the molecule is Cc1cc(F)ccc1C1CCN(S(=O)(=O)C2CC(F)(F)C2)CC1. The summed E-state index contributed by atoms with van der Waals surface area (Å²) < 4.78 is 65.1. The van der Waals surface area contributed by atoms with Gasteiger partial charge in [-0.25, -0.2) is 25.9 Å². The lowest BCUT2D eigenvalue weighted by atomic mass is 9.87. The van der Waals surface area contributed by atoms with Gasteiger partial charge in [0.1, 0.15) is 5.82 Å². The maximum absolute atomic E-state index is 13.2. The van der Waals surface area contributed by atoms with Gasteiger partial charge < -0.3 is 0 Å². The van der Waals surface area contributed by atoms with Gasteiger partial charge in [0.2, 0.25) is 10.0 Å². The summed E-state index contributed by atoms with van der Waals surface area (Å²) >= 11 is 0. The fourth-order valence-electron chi connectivity index (χ4n) is 3.55. The van der Waals surface area contributed by atoms with Crippen LogP contribution in [0.1, 0.15) is 42.7 Å². The third-order valence-corrected chi connectivity index (χ3v) is 7.22. The highest BCUT2D eigenvalue weighted by Gasteiger charge is 2.53. The van der Waals surface area contributed by atoms with Crippen molar-refractivity contribution >= 4 is 10.0 Å². The van der Waals surface area contributed by atoms with Gasteiger partial charge in [-0.3, -0.25) is 0 Å². The van der Waals surface area contributed by atoms with Crippen molar-refractivity contribution in [2.24, 2.45) is 0 Å². The first kappa shape index (κ1) is 16.8. The van der Waals surface area contributed by atoms with Crippen molar-refractivity contribution in [1.29, 1.82) is 0 Å². The van der Waals surface area contributed by atoms with Crippen molar-refractivity contribution in [2.75, 3.05) is 13.1 Å². The number of alkyl halides is 2. The first-order chi connectivity index (χ1) is 10.7. The lowest BCUT2D eigenvalue weighted by Crippen LogP contribution is -2.51. The average Bonchev–Trinajstić information content (AvgIpc) is 2.45. The quantitative estimate of drug-likeness (QED) is 0.840. The summed E-state index contributed by atoms with van der Waals surface area (Å²) in [6.45, 7) is 2.52. The van der Waals surface area contributed by atoms with Gasteiger partial charge in [0.05, 0.1) is 5.25 Å². The molecule has 0 N–H and O–H groups in total. The van der Waals surface area contributed by atoms with E-state index >= 15 is 0 Å². The zero-order valence-electron chi connectivity index (χ0n) is 12.9. The van der Waals surface area contributed by atoms with E-state index in [1.807, 2.05) is 6.92 Å². The van der Waals surface area contributed by atoms with E-state index < -0.39 is 34.0 Å². The number of sulfonamides is 1. The largest absolute Gasteiger partial charge is 0.250 e. The summed E-state index contributed by atoms with van der Waals surface area (Å²) in [5.74, 6) is -2.93. The summed E-state index contributed by atoms with van der Waals surface area (Å²) in [6.07, 6.45) is 0.141. The Hall–Kier alpha value is -1.08. The van der Waals surface area contributed by atoms with Gasteiger partial charge in [-0.1, -0.05) is 6.07 Å². The number of hydrogen-bond acceptors (Lipinski definition) is 2. The first-order valence-electron chi connectivity index (χ1n) is 7.82. The maximum Gasteiger partial charge on any atom is 0.250 e. The molecule has 0 bridgehead atoms. The molecule has 1 aromatic rings. The molecule has 3 nitrogen and oxygen atoms in total. The number of hydrogen-bond donors (Lipinski definition) is 0. The summed E-state index contributed by atoms with van der Waals surface area (Å²) in [7, 11) is -3.63. The Morgan fingerprint density at radius 1 is 1.17 bits per heavy atom. The van der Waals surface area contributed by atoms with Crippen molar-refractivity contribution in [1.82, 2.24) is 4.31 Å². The number of piperidine rings is 1. The molecule has 23 heavy (non-hydrogen) atoms. The molecular weight excluding hydrogens is 327 g/mol. The van der Waals surface area contributed by atoms with Crippen molar-refractivity contribution < 1.29 is 21.6 Å². The van der Waals surface area contributed by atoms with Crippen LogP contribution < -0.4 is 0 Å². The molecule has 128 valence electrons. The molecule has 1 aliphatic heterocycles. The molecule has 7 heteroatoms. The Balaban J connectivity index is 1.64. The van der Waals surface area contributed by atoms with Crippen LogP contribution in [0.4, 0.5) is 13.2 Å². The Labute approximate surface area is 134 Å². The van der Waals surface area contributed by atoms with Crippen LogP contribution in [-0.4, -0.2) is 37.0 Å². The van der Waals surface area contributed by atoms with Crippen molar-refractivity contribution in [3.8, 4) is 0 Å². The van der Waals surface area contributed by atoms with E-state index in [0.717, 1.165) is 11.1 Å². The second-order valence-electron chi connectivity index (χ2n) is 6.61. The molecule has 2 aliphatic rings. The highest BCUT2D eigenvalue weighted by Crippen LogP contribution is 2.43. The smallest absolute Gasteiger partial charge is 0.212 e. The second-order valence-corrected chi connectivity index (χ2v) is 8.82. The fourth-order valence-corrected chi connectivity index (χ4v) is 5.60. The molecule has 0 amide bonds. The molecule has 1 heterocycles. The predicted molar refractivity (Wildman–Crippen MR) is 81.6 cm³/mol. The number of rotatable bonds is 3.